The summed E-state index contributed by atoms with van der Waals surface area (Å²) < 4.78 is 18.3. The Morgan fingerprint density at radius 3 is 2.50 bits per heavy atom. The number of hydrogen-bond donors (Lipinski definition) is 2. The number of anilines is 1. The summed E-state index contributed by atoms with van der Waals surface area (Å²) in [6.45, 7) is 0. The van der Waals surface area contributed by atoms with Gasteiger partial charge in [0.2, 0.25) is 0 Å². The van der Waals surface area contributed by atoms with Crippen LogP contribution in [0.4, 0.5) is 14.9 Å². The summed E-state index contributed by atoms with van der Waals surface area (Å²) in [5.74, 6) is -2.70. The van der Waals surface area contributed by atoms with Crippen LogP contribution >= 0.6 is 0 Å². The summed E-state index contributed by atoms with van der Waals surface area (Å²) in [5, 5.41) is 11.6. The quantitative estimate of drug-likeness (QED) is 0.824. The van der Waals surface area contributed by atoms with E-state index in [1.54, 1.807) is 0 Å². The third kappa shape index (κ3) is 3.12. The molecule has 3 rings (SSSR count). The fraction of sp³-hybridized carbons (Fsp3) is 0.0556. The molecule has 8 heteroatoms. The summed E-state index contributed by atoms with van der Waals surface area (Å²) in [4.78, 5) is 36.8. The number of phenolic OH excluding ortho intramolecular Hbond substituents is 1. The number of benzene rings is 2. The number of amides is 3. The summed E-state index contributed by atoms with van der Waals surface area (Å²) in [6.07, 6.45) is 0.287. The van der Waals surface area contributed by atoms with Crippen molar-refractivity contribution in [3.63, 3.8) is 0 Å². The van der Waals surface area contributed by atoms with Gasteiger partial charge in [0, 0.05) is 12.6 Å². The molecule has 1 heterocycles. The molecule has 0 radical (unpaired) electrons. The zero-order valence-electron chi connectivity index (χ0n) is 13.5. The number of halogens is 1. The highest BCUT2D eigenvalue weighted by Crippen LogP contribution is 2.27. The molecule has 0 spiro atoms. The molecule has 1 aliphatic heterocycles. The van der Waals surface area contributed by atoms with E-state index in [2.05, 4.69) is 5.32 Å². The van der Waals surface area contributed by atoms with Gasteiger partial charge in [-0.15, -0.1) is 0 Å². The maximum atomic E-state index is 13.4. The van der Waals surface area contributed by atoms with Crippen LogP contribution in [0.1, 0.15) is 15.9 Å². The monoisotopic (exact) mass is 356 g/mol. The molecule has 0 bridgehead atoms. The van der Waals surface area contributed by atoms with Gasteiger partial charge in [-0.05, 0) is 48.0 Å². The first-order valence-corrected chi connectivity index (χ1v) is 7.49. The van der Waals surface area contributed by atoms with Crippen LogP contribution in [0.5, 0.6) is 5.75 Å². The minimum Gasteiger partial charge on any atom is -0.505 e. The van der Waals surface area contributed by atoms with Crippen LogP contribution in [-0.4, -0.2) is 30.1 Å². The number of phenols is 1. The van der Waals surface area contributed by atoms with E-state index in [9.17, 15) is 23.9 Å². The Labute approximate surface area is 147 Å². The minimum atomic E-state index is -0.909. The number of nitrogens with zero attached hydrogens (tertiary/aromatic N) is 1. The third-order valence-corrected chi connectivity index (χ3v) is 3.68. The Morgan fingerprint density at radius 1 is 1.19 bits per heavy atom. The molecule has 0 aliphatic carbocycles. The molecule has 2 N–H and O–H groups in total. The van der Waals surface area contributed by atoms with Gasteiger partial charge in [-0.25, -0.2) is 14.1 Å². The zero-order valence-corrected chi connectivity index (χ0v) is 13.5. The predicted molar refractivity (Wildman–Crippen MR) is 89.8 cm³/mol. The number of nitrogens with one attached hydrogen (secondary N) is 1. The first-order chi connectivity index (χ1) is 12.4. The maximum absolute atomic E-state index is 13.4. The number of ether oxygens (including phenoxy) is 1. The van der Waals surface area contributed by atoms with Gasteiger partial charge < -0.3 is 15.2 Å². The Kier molecular flexibility index (Phi) is 4.40. The lowest BCUT2D eigenvalue weighted by atomic mass is 10.1. The third-order valence-electron chi connectivity index (χ3n) is 3.68. The number of hydrogen-bond acceptors (Lipinski definition) is 5. The van der Waals surface area contributed by atoms with Gasteiger partial charge in [-0.1, -0.05) is 6.07 Å². The second-order valence-electron chi connectivity index (χ2n) is 5.35. The predicted octanol–water partition coefficient (Wildman–Crippen LogP) is 2.42. The molecule has 0 atom stereocenters. The summed E-state index contributed by atoms with van der Waals surface area (Å²) >= 11 is 0. The largest absolute Gasteiger partial charge is 0.505 e. The van der Waals surface area contributed by atoms with Crippen molar-refractivity contribution < 1.29 is 28.6 Å². The highest BCUT2D eigenvalue weighted by atomic mass is 19.1. The number of imide groups is 1. The van der Waals surface area contributed by atoms with Crippen LogP contribution in [-0.2, 0) is 9.53 Å². The number of aromatic hydroxyl groups is 1. The van der Waals surface area contributed by atoms with E-state index in [-0.39, 0.29) is 22.9 Å². The number of cyclic esters (lactones) is 1. The van der Waals surface area contributed by atoms with Gasteiger partial charge in [0.25, 0.3) is 5.91 Å². The lowest BCUT2D eigenvalue weighted by Gasteiger charge is -2.10. The van der Waals surface area contributed by atoms with E-state index >= 15 is 0 Å². The molecule has 2 aromatic rings. The molecule has 1 saturated heterocycles. The fourth-order valence-electron chi connectivity index (χ4n) is 2.36. The molecule has 3 amide bonds. The molecule has 7 nitrogen and oxygen atoms in total. The maximum Gasteiger partial charge on any atom is 0.427 e. The van der Waals surface area contributed by atoms with Crippen molar-refractivity contribution in [3.8, 4) is 5.75 Å². The van der Waals surface area contributed by atoms with Crippen molar-refractivity contribution in [2.45, 2.75) is 0 Å². The molecular weight excluding hydrogens is 343 g/mol. The number of rotatable bonds is 3. The van der Waals surface area contributed by atoms with Crippen molar-refractivity contribution in [2.75, 3.05) is 11.9 Å². The zero-order chi connectivity index (χ0) is 18.8. The van der Waals surface area contributed by atoms with Gasteiger partial charge in [-0.3, -0.25) is 9.59 Å². The van der Waals surface area contributed by atoms with Crippen LogP contribution in [0.25, 0.3) is 6.08 Å². The lowest BCUT2D eigenvalue weighted by molar-refractivity contribution is -0.114. The Bertz CT molecular complexity index is 937. The van der Waals surface area contributed by atoms with Gasteiger partial charge in [0.05, 0.1) is 5.69 Å². The van der Waals surface area contributed by atoms with Crippen LogP contribution in [0.15, 0.2) is 48.2 Å². The van der Waals surface area contributed by atoms with Crippen molar-refractivity contribution in [3.05, 3.63) is 65.2 Å². The summed E-state index contributed by atoms with van der Waals surface area (Å²) in [6, 6.07) is 9.30. The Hall–Kier alpha value is -3.68. The molecule has 1 fully saturated rings. The van der Waals surface area contributed by atoms with Gasteiger partial charge in [0.1, 0.15) is 0 Å². The number of carbonyl (C=O) groups is 3. The van der Waals surface area contributed by atoms with E-state index in [0.717, 1.165) is 17.0 Å². The van der Waals surface area contributed by atoms with Crippen molar-refractivity contribution >= 4 is 29.7 Å². The lowest BCUT2D eigenvalue weighted by Crippen LogP contribution is -2.28. The smallest absolute Gasteiger partial charge is 0.427 e. The molecular formula is C18H13FN2O5. The highest BCUT2D eigenvalue weighted by molar-refractivity contribution is 6.24. The van der Waals surface area contributed by atoms with Crippen LogP contribution < -0.4 is 10.2 Å². The first kappa shape index (κ1) is 17.2. The number of carbonyl (C=O) groups excluding carboxylic acids is 3. The Morgan fingerprint density at radius 2 is 1.88 bits per heavy atom. The van der Waals surface area contributed by atoms with Crippen LogP contribution in [0, 0.1) is 5.82 Å². The summed E-state index contributed by atoms with van der Waals surface area (Å²) in [5.41, 5.74) is 0.841. The topological polar surface area (TPSA) is 95.9 Å². The molecule has 2 aromatic carbocycles. The SMILES string of the molecule is CNC(=O)c1ccc(N2C(=O)O/C(=C/c3ccc(O)c(F)c3)C2=O)cc1. The van der Waals surface area contributed by atoms with E-state index in [1.807, 2.05) is 0 Å². The van der Waals surface area contributed by atoms with E-state index in [0.29, 0.717) is 5.56 Å². The van der Waals surface area contributed by atoms with Crippen molar-refractivity contribution in [2.24, 2.45) is 0 Å². The van der Waals surface area contributed by atoms with E-state index in [4.69, 9.17) is 4.74 Å². The van der Waals surface area contributed by atoms with Crippen molar-refractivity contribution in [1.29, 1.82) is 0 Å². The molecule has 0 aromatic heterocycles. The fourth-order valence-corrected chi connectivity index (χ4v) is 2.36. The van der Waals surface area contributed by atoms with Crippen molar-refractivity contribution in [1.82, 2.24) is 5.32 Å². The van der Waals surface area contributed by atoms with Crippen LogP contribution in [0.3, 0.4) is 0 Å². The molecule has 1 aliphatic rings. The van der Waals surface area contributed by atoms with Gasteiger partial charge in [-0.2, -0.15) is 0 Å². The van der Waals surface area contributed by atoms with Gasteiger partial charge in [0.15, 0.2) is 17.3 Å². The second kappa shape index (κ2) is 6.67. The standard InChI is InChI=1S/C18H13FN2O5/c1-20-16(23)11-3-5-12(6-4-11)21-17(24)15(26-18(21)25)9-10-2-7-14(22)13(19)8-10/h2-9,22H,1H3,(H,20,23)/b15-9+. The van der Waals surface area contributed by atoms with Gasteiger partial charge >= 0.3 is 12.0 Å². The average Bonchev–Trinajstić information content (AvgIpc) is 2.91. The highest BCUT2D eigenvalue weighted by Gasteiger charge is 2.37. The molecule has 26 heavy (non-hydrogen) atoms. The second-order valence-corrected chi connectivity index (χ2v) is 5.35. The van der Waals surface area contributed by atoms with Crippen LogP contribution in [0.2, 0.25) is 0 Å². The Balaban J connectivity index is 1.88. The normalized spacial score (nSPS) is 15.3. The molecule has 0 unspecified atom stereocenters. The summed E-state index contributed by atoms with van der Waals surface area (Å²) in [7, 11) is 1.49. The minimum absolute atomic E-state index is 0.230. The molecule has 0 saturated carbocycles. The molecule has 132 valence electrons. The first-order valence-electron chi connectivity index (χ1n) is 7.49. The average molecular weight is 356 g/mol. The van der Waals surface area contributed by atoms with E-state index < -0.39 is 23.6 Å². The van der Waals surface area contributed by atoms with E-state index in [1.165, 1.54) is 43.5 Å².